The first-order valence-corrected chi connectivity index (χ1v) is 10.6. The number of hydrogen-bond donors (Lipinski definition) is 0. The molecule has 0 N–H and O–H groups in total. The highest BCUT2D eigenvalue weighted by Gasteiger charge is 2.33. The predicted octanol–water partition coefficient (Wildman–Crippen LogP) is 4.50. The summed E-state index contributed by atoms with van der Waals surface area (Å²) in [6.45, 7) is 1.57. The summed E-state index contributed by atoms with van der Waals surface area (Å²) in [4.78, 5) is 21.8. The molecule has 0 saturated heterocycles. The van der Waals surface area contributed by atoms with Gasteiger partial charge in [0.15, 0.2) is 16.6 Å². The van der Waals surface area contributed by atoms with E-state index in [1.807, 2.05) is 50.5 Å². The topological polar surface area (TPSA) is 54.9 Å². The summed E-state index contributed by atoms with van der Waals surface area (Å²) >= 11 is 7.75. The molecule has 1 atom stereocenters. The van der Waals surface area contributed by atoms with E-state index in [1.165, 1.54) is 11.3 Å². The Kier molecular flexibility index (Phi) is 7.41. The zero-order chi connectivity index (χ0) is 20.4. The lowest BCUT2D eigenvalue weighted by Crippen LogP contribution is -2.47. The minimum Gasteiger partial charge on any atom is -0.485 e. The molecule has 3 aromatic rings. The largest absolute Gasteiger partial charge is 0.485 e. The molecule has 2 heterocycles. The van der Waals surface area contributed by atoms with Gasteiger partial charge in [0.1, 0.15) is 12.1 Å². The number of hydrogen-bond acceptors (Lipinski definition) is 6. The summed E-state index contributed by atoms with van der Waals surface area (Å²) in [5, 5.41) is 1.20. The van der Waals surface area contributed by atoms with Gasteiger partial charge in [-0.25, -0.2) is 4.98 Å². The van der Waals surface area contributed by atoms with Gasteiger partial charge >= 0.3 is 0 Å². The molecule has 0 radical (unpaired) electrons. The van der Waals surface area contributed by atoms with Crippen LogP contribution in [0.3, 0.4) is 0 Å². The Morgan fingerprint density at radius 2 is 1.93 bits per heavy atom. The monoisotopic (exact) mass is 467 g/mol. The Morgan fingerprint density at radius 3 is 2.67 bits per heavy atom. The molecule has 1 amide bonds. The quantitative estimate of drug-likeness (QED) is 0.534. The summed E-state index contributed by atoms with van der Waals surface area (Å²) in [5.41, 5.74) is 0.714. The van der Waals surface area contributed by atoms with Gasteiger partial charge in [-0.2, -0.15) is 0 Å². The van der Waals surface area contributed by atoms with Crippen LogP contribution in [-0.4, -0.2) is 55.7 Å². The fourth-order valence-corrected chi connectivity index (χ4v) is 4.48. The second-order valence-electron chi connectivity index (χ2n) is 7.09. The van der Waals surface area contributed by atoms with E-state index in [4.69, 9.17) is 21.1 Å². The van der Waals surface area contributed by atoms with Crippen LogP contribution in [0.1, 0.15) is 6.42 Å². The summed E-state index contributed by atoms with van der Waals surface area (Å²) in [6.07, 6.45) is 0.0961. The second-order valence-corrected chi connectivity index (χ2v) is 8.51. The highest BCUT2D eigenvalue weighted by molar-refractivity contribution is 7.22. The van der Waals surface area contributed by atoms with Gasteiger partial charge in [-0.1, -0.05) is 41.1 Å². The van der Waals surface area contributed by atoms with Crippen LogP contribution in [0.25, 0.3) is 10.2 Å². The smallest absolute Gasteiger partial charge is 0.273 e. The maximum absolute atomic E-state index is 13.4. The molecule has 1 aromatic heterocycles. The number of halogens is 2. The van der Waals surface area contributed by atoms with Crippen molar-refractivity contribution in [2.75, 3.05) is 38.7 Å². The van der Waals surface area contributed by atoms with Crippen molar-refractivity contribution in [1.29, 1.82) is 0 Å². The number of amides is 1. The Morgan fingerprint density at radius 1 is 1.17 bits per heavy atom. The van der Waals surface area contributed by atoms with E-state index < -0.39 is 6.10 Å². The van der Waals surface area contributed by atoms with Crippen molar-refractivity contribution < 1.29 is 14.3 Å². The van der Waals surface area contributed by atoms with E-state index >= 15 is 0 Å². The Labute approximate surface area is 190 Å². The van der Waals surface area contributed by atoms with Gasteiger partial charge in [0, 0.05) is 6.54 Å². The average Bonchev–Trinajstić information content (AvgIpc) is 3.15. The van der Waals surface area contributed by atoms with E-state index in [1.54, 1.807) is 11.0 Å². The number of fused-ring (bicyclic) bond motifs is 2. The van der Waals surface area contributed by atoms with E-state index in [0.717, 1.165) is 17.7 Å². The van der Waals surface area contributed by atoms with Gasteiger partial charge in [-0.05, 0) is 51.3 Å². The molecule has 1 aliphatic heterocycles. The minimum atomic E-state index is -0.716. The van der Waals surface area contributed by atoms with Crippen molar-refractivity contribution in [3.63, 3.8) is 0 Å². The molecule has 0 aliphatic carbocycles. The van der Waals surface area contributed by atoms with Gasteiger partial charge < -0.3 is 14.4 Å². The predicted molar refractivity (Wildman–Crippen MR) is 124 cm³/mol. The number of para-hydroxylation sites is 3. The molecule has 30 heavy (non-hydrogen) atoms. The lowest BCUT2D eigenvalue weighted by molar-refractivity contribution is -0.127. The Bertz CT molecular complexity index is 1030. The standard InChI is InChI=1S/C21H22ClN3O3S.ClH/c1-24(2)11-6-12-25(21-23-19-14(22)7-5-10-18(19)29-21)20(26)17-13-27-15-8-3-4-9-16(15)28-17;/h3-5,7-10,17H,6,11-13H2,1-2H3;1H. The third-order valence-electron chi connectivity index (χ3n) is 4.63. The molecule has 9 heteroatoms. The average molecular weight is 468 g/mol. The number of carbonyl (C=O) groups excluding carboxylic acids is 1. The van der Waals surface area contributed by atoms with Crippen LogP contribution in [0.15, 0.2) is 42.5 Å². The second kappa shape index (κ2) is 9.83. The fraction of sp³-hybridized carbons (Fsp3) is 0.333. The SMILES string of the molecule is CN(C)CCCN(C(=O)C1COc2ccccc2O1)c1nc2c(Cl)cccc2s1.Cl. The van der Waals surface area contributed by atoms with Gasteiger partial charge in [0.2, 0.25) is 6.10 Å². The molecule has 0 fully saturated rings. The molecule has 6 nitrogen and oxygen atoms in total. The molecular formula is C21H23Cl2N3O3S. The molecule has 1 unspecified atom stereocenters. The molecule has 160 valence electrons. The lowest BCUT2D eigenvalue weighted by atomic mass is 10.2. The number of nitrogens with zero attached hydrogens (tertiary/aromatic N) is 3. The minimum absolute atomic E-state index is 0. The van der Waals surface area contributed by atoms with Crippen LogP contribution in [-0.2, 0) is 4.79 Å². The van der Waals surface area contributed by atoms with Crippen molar-refractivity contribution in [2.24, 2.45) is 0 Å². The summed E-state index contributed by atoms with van der Waals surface area (Å²) in [7, 11) is 4.03. The Balaban J connectivity index is 0.00000256. The summed E-state index contributed by atoms with van der Waals surface area (Å²) in [6, 6.07) is 13.0. The maximum Gasteiger partial charge on any atom is 0.273 e. The van der Waals surface area contributed by atoms with Crippen molar-refractivity contribution in [3.05, 3.63) is 47.5 Å². The van der Waals surface area contributed by atoms with Gasteiger partial charge in [0.05, 0.1) is 9.72 Å². The highest BCUT2D eigenvalue weighted by Crippen LogP contribution is 2.35. The molecule has 0 saturated carbocycles. The van der Waals surface area contributed by atoms with Gasteiger partial charge in [0.25, 0.3) is 5.91 Å². The van der Waals surface area contributed by atoms with E-state index in [-0.39, 0.29) is 24.9 Å². The Hall–Kier alpha value is -2.06. The molecule has 0 bridgehead atoms. The summed E-state index contributed by atoms with van der Waals surface area (Å²) in [5.74, 6) is 1.08. The van der Waals surface area contributed by atoms with Gasteiger partial charge in [-0.3, -0.25) is 9.69 Å². The number of anilines is 1. The number of ether oxygens (including phenoxy) is 2. The van der Waals surface area contributed by atoms with Crippen LogP contribution >= 0.6 is 35.3 Å². The fourth-order valence-electron chi connectivity index (χ4n) is 3.18. The lowest BCUT2D eigenvalue weighted by Gasteiger charge is -2.29. The zero-order valence-electron chi connectivity index (χ0n) is 16.7. The van der Waals surface area contributed by atoms with E-state index in [9.17, 15) is 4.79 Å². The van der Waals surface area contributed by atoms with Crippen LogP contribution in [0.5, 0.6) is 11.5 Å². The van der Waals surface area contributed by atoms with Crippen molar-refractivity contribution >= 4 is 56.6 Å². The molecule has 0 spiro atoms. The molecule has 4 rings (SSSR count). The first-order valence-electron chi connectivity index (χ1n) is 9.42. The van der Waals surface area contributed by atoms with Crippen molar-refractivity contribution in [3.8, 4) is 11.5 Å². The normalized spacial score (nSPS) is 15.1. The van der Waals surface area contributed by atoms with Crippen molar-refractivity contribution in [1.82, 2.24) is 9.88 Å². The van der Waals surface area contributed by atoms with Gasteiger partial charge in [-0.15, -0.1) is 12.4 Å². The highest BCUT2D eigenvalue weighted by atomic mass is 35.5. The zero-order valence-corrected chi connectivity index (χ0v) is 19.1. The molecular weight excluding hydrogens is 445 g/mol. The van der Waals surface area contributed by atoms with Crippen LogP contribution in [0, 0.1) is 0 Å². The number of carbonyl (C=O) groups is 1. The molecule has 2 aromatic carbocycles. The van der Waals surface area contributed by atoms with Crippen LogP contribution in [0.2, 0.25) is 5.02 Å². The van der Waals surface area contributed by atoms with E-state index in [0.29, 0.717) is 33.7 Å². The number of aromatic nitrogens is 1. The first kappa shape index (κ1) is 22.6. The third-order valence-corrected chi connectivity index (χ3v) is 5.98. The number of rotatable bonds is 6. The third kappa shape index (κ3) is 4.81. The summed E-state index contributed by atoms with van der Waals surface area (Å²) < 4.78 is 12.6. The number of thiazole rings is 1. The maximum atomic E-state index is 13.4. The molecule has 1 aliphatic rings. The van der Waals surface area contributed by atoms with Crippen LogP contribution < -0.4 is 14.4 Å². The van der Waals surface area contributed by atoms with E-state index in [2.05, 4.69) is 9.88 Å². The van der Waals surface area contributed by atoms with Crippen molar-refractivity contribution in [2.45, 2.75) is 12.5 Å². The number of benzene rings is 2. The van der Waals surface area contributed by atoms with Crippen LogP contribution in [0.4, 0.5) is 5.13 Å². The first-order chi connectivity index (χ1) is 14.0.